The van der Waals surface area contributed by atoms with Crippen LogP contribution < -0.4 is 10.9 Å². The number of amides is 2. The number of hydrogen-bond acceptors (Lipinski definition) is 5. The van der Waals surface area contributed by atoms with Crippen molar-refractivity contribution in [3.63, 3.8) is 0 Å². The summed E-state index contributed by atoms with van der Waals surface area (Å²) in [6, 6.07) is 0. The van der Waals surface area contributed by atoms with Crippen molar-refractivity contribution in [1.82, 2.24) is 26.0 Å². The van der Waals surface area contributed by atoms with Crippen LogP contribution in [0.1, 0.15) is 12.7 Å². The first-order valence-electron chi connectivity index (χ1n) is 4.15. The second kappa shape index (κ2) is 5.35. The van der Waals surface area contributed by atoms with E-state index in [4.69, 9.17) is 0 Å². The highest BCUT2D eigenvalue weighted by Crippen LogP contribution is 2.10. The van der Waals surface area contributed by atoms with E-state index in [1.54, 1.807) is 6.92 Å². The van der Waals surface area contributed by atoms with Crippen LogP contribution in [0.4, 0.5) is 0 Å². The zero-order valence-electron chi connectivity index (χ0n) is 8.33. The second-order valence-electron chi connectivity index (χ2n) is 2.72. The largest absolute Gasteiger partial charge is 0.274 e. The van der Waals surface area contributed by atoms with Crippen molar-refractivity contribution in [1.29, 1.82) is 0 Å². The normalized spacial score (nSPS) is 9.73. The lowest BCUT2D eigenvalue weighted by Gasteiger charge is -2.02. The Balaban J connectivity index is 2.25. The number of aryl methyl sites for hydroxylation is 1. The van der Waals surface area contributed by atoms with Crippen LogP contribution in [0.2, 0.25) is 0 Å². The quantitative estimate of drug-likeness (QED) is 0.473. The minimum Gasteiger partial charge on any atom is -0.274 e. The standard InChI is InChI=1S/C7H11N5O2S/c1-4-8-7(12-9-4)15-3-6(14)11-10-5(2)13/h3H2,1-2H3,(H,10,13)(H,11,14)(H,8,9,12). The van der Waals surface area contributed by atoms with Gasteiger partial charge in [0.15, 0.2) is 0 Å². The molecule has 0 saturated heterocycles. The molecule has 0 atom stereocenters. The lowest BCUT2D eigenvalue weighted by Crippen LogP contribution is -2.41. The molecule has 0 aliphatic rings. The third-order valence-electron chi connectivity index (χ3n) is 1.29. The molecule has 82 valence electrons. The Morgan fingerprint density at radius 2 is 2.20 bits per heavy atom. The summed E-state index contributed by atoms with van der Waals surface area (Å²) in [6.45, 7) is 3.08. The molecule has 3 N–H and O–H groups in total. The van der Waals surface area contributed by atoms with Crippen molar-refractivity contribution in [3.05, 3.63) is 5.82 Å². The molecule has 2 amide bonds. The van der Waals surface area contributed by atoms with Crippen LogP contribution in [-0.4, -0.2) is 32.7 Å². The first kappa shape index (κ1) is 11.5. The molecule has 0 bridgehead atoms. The van der Waals surface area contributed by atoms with Crippen molar-refractivity contribution in [2.75, 3.05) is 5.75 Å². The lowest BCUT2D eigenvalue weighted by atomic mass is 10.7. The number of hydrogen-bond donors (Lipinski definition) is 3. The highest BCUT2D eigenvalue weighted by molar-refractivity contribution is 7.99. The molecule has 0 aliphatic carbocycles. The van der Waals surface area contributed by atoms with Gasteiger partial charge >= 0.3 is 0 Å². The predicted molar refractivity (Wildman–Crippen MR) is 53.8 cm³/mol. The highest BCUT2D eigenvalue weighted by atomic mass is 32.2. The molecule has 1 aromatic rings. The van der Waals surface area contributed by atoms with Gasteiger partial charge in [-0.05, 0) is 6.92 Å². The van der Waals surface area contributed by atoms with Crippen LogP contribution in [0.25, 0.3) is 0 Å². The van der Waals surface area contributed by atoms with Crippen molar-refractivity contribution in [2.24, 2.45) is 0 Å². The van der Waals surface area contributed by atoms with Crippen LogP contribution in [0.15, 0.2) is 5.16 Å². The summed E-state index contributed by atoms with van der Waals surface area (Å²) in [6.07, 6.45) is 0. The number of rotatable bonds is 3. The average molecular weight is 229 g/mol. The van der Waals surface area contributed by atoms with E-state index in [-0.39, 0.29) is 17.6 Å². The fourth-order valence-electron chi connectivity index (χ4n) is 0.711. The van der Waals surface area contributed by atoms with E-state index in [0.29, 0.717) is 11.0 Å². The summed E-state index contributed by atoms with van der Waals surface area (Å²) in [7, 11) is 0. The molecule has 1 heterocycles. The topological polar surface area (TPSA) is 99.8 Å². The number of hydrazine groups is 1. The van der Waals surface area contributed by atoms with Crippen molar-refractivity contribution in [3.8, 4) is 0 Å². The van der Waals surface area contributed by atoms with E-state index >= 15 is 0 Å². The third-order valence-corrected chi connectivity index (χ3v) is 2.13. The summed E-state index contributed by atoms with van der Waals surface area (Å²) in [5, 5.41) is 7.01. The fraction of sp³-hybridized carbons (Fsp3) is 0.429. The van der Waals surface area contributed by atoms with E-state index in [2.05, 4.69) is 26.0 Å². The Bertz CT molecular complexity index is 364. The third kappa shape index (κ3) is 4.45. The van der Waals surface area contributed by atoms with Crippen molar-refractivity contribution >= 4 is 23.6 Å². The monoisotopic (exact) mass is 229 g/mol. The van der Waals surface area contributed by atoms with Crippen LogP contribution in [-0.2, 0) is 9.59 Å². The van der Waals surface area contributed by atoms with Crippen molar-refractivity contribution in [2.45, 2.75) is 19.0 Å². The molecular formula is C7H11N5O2S. The predicted octanol–water partition coefficient (Wildman–Crippen LogP) is -0.627. The molecule has 15 heavy (non-hydrogen) atoms. The number of thioether (sulfide) groups is 1. The second-order valence-corrected chi connectivity index (χ2v) is 3.66. The van der Waals surface area contributed by atoms with E-state index in [0.717, 1.165) is 0 Å². The van der Waals surface area contributed by atoms with E-state index in [9.17, 15) is 9.59 Å². The Kier molecular flexibility index (Phi) is 4.10. The maximum absolute atomic E-state index is 11.1. The summed E-state index contributed by atoms with van der Waals surface area (Å²) in [5.74, 6) is 0.219. The van der Waals surface area contributed by atoms with Gasteiger partial charge in [0, 0.05) is 6.92 Å². The smallest absolute Gasteiger partial charge is 0.248 e. The molecular weight excluding hydrogens is 218 g/mol. The van der Waals surface area contributed by atoms with Crippen molar-refractivity contribution < 1.29 is 9.59 Å². The van der Waals surface area contributed by atoms with Gasteiger partial charge in [-0.1, -0.05) is 11.8 Å². The molecule has 1 aromatic heterocycles. The molecule has 0 fully saturated rings. The average Bonchev–Trinajstić information content (AvgIpc) is 2.58. The molecule has 1 rings (SSSR count). The first-order valence-corrected chi connectivity index (χ1v) is 5.13. The molecule has 0 spiro atoms. The lowest BCUT2D eigenvalue weighted by molar-refractivity contribution is -0.126. The minimum atomic E-state index is -0.318. The summed E-state index contributed by atoms with van der Waals surface area (Å²) >= 11 is 1.18. The van der Waals surface area contributed by atoms with Gasteiger partial charge in [-0.15, -0.1) is 5.10 Å². The number of carbonyl (C=O) groups excluding carboxylic acids is 2. The molecule has 0 aromatic carbocycles. The number of aromatic amines is 1. The minimum absolute atomic E-state index is 0.150. The maximum atomic E-state index is 11.1. The van der Waals surface area contributed by atoms with Crippen LogP contribution in [0, 0.1) is 6.92 Å². The Morgan fingerprint density at radius 3 is 2.73 bits per heavy atom. The van der Waals surface area contributed by atoms with Gasteiger partial charge in [-0.3, -0.25) is 25.5 Å². The number of aromatic nitrogens is 3. The Morgan fingerprint density at radius 1 is 1.47 bits per heavy atom. The molecule has 7 nitrogen and oxygen atoms in total. The molecule has 0 aliphatic heterocycles. The van der Waals surface area contributed by atoms with E-state index in [1.807, 2.05) is 0 Å². The van der Waals surface area contributed by atoms with Gasteiger partial charge in [0.2, 0.25) is 17.0 Å². The zero-order valence-corrected chi connectivity index (χ0v) is 9.14. The van der Waals surface area contributed by atoms with Gasteiger partial charge in [0.1, 0.15) is 5.82 Å². The van der Waals surface area contributed by atoms with Gasteiger partial charge < -0.3 is 0 Å². The zero-order chi connectivity index (χ0) is 11.3. The molecule has 0 unspecified atom stereocenters. The SMILES string of the molecule is CC(=O)NNC(=O)CSc1n[nH]c(C)n1. The van der Waals surface area contributed by atoms with E-state index < -0.39 is 0 Å². The van der Waals surface area contributed by atoms with Gasteiger partial charge in [0.05, 0.1) is 5.75 Å². The summed E-state index contributed by atoms with van der Waals surface area (Å²) in [4.78, 5) is 25.6. The molecule has 8 heteroatoms. The molecule has 0 saturated carbocycles. The number of carbonyl (C=O) groups is 2. The van der Waals surface area contributed by atoms with Crippen LogP contribution in [0.3, 0.4) is 0 Å². The van der Waals surface area contributed by atoms with Crippen LogP contribution in [0.5, 0.6) is 0 Å². The Hall–Kier alpha value is -1.57. The summed E-state index contributed by atoms with van der Waals surface area (Å²) < 4.78 is 0. The number of nitrogens with zero attached hydrogens (tertiary/aromatic N) is 2. The van der Waals surface area contributed by atoms with Gasteiger partial charge in [-0.25, -0.2) is 4.98 Å². The van der Waals surface area contributed by atoms with Gasteiger partial charge in [-0.2, -0.15) is 0 Å². The van der Waals surface area contributed by atoms with E-state index in [1.165, 1.54) is 18.7 Å². The van der Waals surface area contributed by atoms with Crippen LogP contribution >= 0.6 is 11.8 Å². The maximum Gasteiger partial charge on any atom is 0.248 e. The summed E-state index contributed by atoms with van der Waals surface area (Å²) in [5.41, 5.74) is 4.42. The number of nitrogens with one attached hydrogen (secondary N) is 3. The Labute approximate surface area is 90.4 Å². The van der Waals surface area contributed by atoms with Gasteiger partial charge in [0.25, 0.3) is 0 Å². The molecule has 0 radical (unpaired) electrons. The highest BCUT2D eigenvalue weighted by Gasteiger charge is 2.05. The first-order chi connectivity index (χ1) is 7.08. The number of H-pyrrole nitrogens is 1. The fourth-order valence-corrected chi connectivity index (χ4v) is 1.35.